The van der Waals surface area contributed by atoms with Crippen LogP contribution in [-0.2, 0) is 9.59 Å². The molecule has 41 heavy (non-hydrogen) atoms. The number of benzene rings is 3. The van der Waals surface area contributed by atoms with Crippen LogP contribution < -0.4 is 15.0 Å². The van der Waals surface area contributed by atoms with Gasteiger partial charge in [0, 0.05) is 24.2 Å². The molecular weight excluding hydrogens is 541 g/mol. The third-order valence-electron chi connectivity index (χ3n) is 6.81. The lowest BCUT2D eigenvalue weighted by Crippen LogP contribution is -2.43. The van der Waals surface area contributed by atoms with Gasteiger partial charge in [-0.05, 0) is 56.1 Å². The van der Waals surface area contributed by atoms with Gasteiger partial charge in [-0.3, -0.25) is 14.5 Å². The molecule has 1 aliphatic rings. The number of ether oxygens (including phenoxy) is 1. The van der Waals surface area contributed by atoms with E-state index in [1.807, 2.05) is 73.6 Å². The molecule has 3 aromatic carbocycles. The minimum atomic E-state index is -0.336. The first kappa shape index (κ1) is 28.4. The molecule has 0 radical (unpaired) electrons. The Morgan fingerprint density at radius 1 is 1.07 bits per heavy atom. The number of amides is 2. The lowest BCUT2D eigenvalue weighted by Gasteiger charge is -2.23. The van der Waals surface area contributed by atoms with E-state index >= 15 is 0 Å². The van der Waals surface area contributed by atoms with Gasteiger partial charge in [0.15, 0.2) is 0 Å². The van der Waals surface area contributed by atoms with Gasteiger partial charge in [-0.25, -0.2) is 9.07 Å². The highest BCUT2D eigenvalue weighted by atomic mass is 32.2. The summed E-state index contributed by atoms with van der Waals surface area (Å²) < 4.78 is 21.0. The molecule has 0 bridgehead atoms. The summed E-state index contributed by atoms with van der Waals surface area (Å²) >= 11 is 1.44. The molecule has 0 saturated carbocycles. The molecular formula is C31H32FN5O3S. The van der Waals surface area contributed by atoms with Gasteiger partial charge < -0.3 is 15.0 Å². The van der Waals surface area contributed by atoms with E-state index in [0.29, 0.717) is 36.0 Å². The van der Waals surface area contributed by atoms with Crippen molar-refractivity contribution in [1.82, 2.24) is 20.0 Å². The maximum absolute atomic E-state index is 13.9. The molecule has 10 heteroatoms. The largest absolute Gasteiger partial charge is 0.497 e. The van der Waals surface area contributed by atoms with Gasteiger partial charge in [-0.2, -0.15) is 5.10 Å². The highest BCUT2D eigenvalue weighted by molar-refractivity contribution is 8.00. The van der Waals surface area contributed by atoms with Crippen molar-refractivity contribution in [2.75, 3.05) is 51.5 Å². The number of likely N-dealkylation sites (N-methyl/N-ethyl adjacent to an activating group) is 1. The highest BCUT2D eigenvalue weighted by Crippen LogP contribution is 2.48. The molecule has 0 aliphatic carbocycles. The van der Waals surface area contributed by atoms with E-state index in [1.165, 1.54) is 28.8 Å². The highest BCUT2D eigenvalue weighted by Gasteiger charge is 2.37. The van der Waals surface area contributed by atoms with E-state index in [1.54, 1.807) is 23.9 Å². The van der Waals surface area contributed by atoms with Crippen LogP contribution in [0.3, 0.4) is 0 Å². The van der Waals surface area contributed by atoms with E-state index in [4.69, 9.17) is 9.84 Å². The first-order valence-corrected chi connectivity index (χ1v) is 14.3. The lowest BCUT2D eigenvalue weighted by molar-refractivity contribution is -0.122. The molecule has 5 rings (SSSR count). The number of nitrogens with zero attached hydrogens (tertiary/aromatic N) is 4. The monoisotopic (exact) mass is 573 g/mol. The smallest absolute Gasteiger partial charge is 0.240 e. The summed E-state index contributed by atoms with van der Waals surface area (Å²) in [7, 11) is 5.46. The number of hydrogen-bond acceptors (Lipinski definition) is 6. The van der Waals surface area contributed by atoms with Gasteiger partial charge in [-0.15, -0.1) is 11.8 Å². The second kappa shape index (κ2) is 12.6. The zero-order chi connectivity index (χ0) is 28.9. The molecule has 1 aliphatic heterocycles. The van der Waals surface area contributed by atoms with E-state index in [9.17, 15) is 14.0 Å². The Hall–Kier alpha value is -4.15. The van der Waals surface area contributed by atoms with Gasteiger partial charge in [0.2, 0.25) is 11.8 Å². The number of thioether (sulfide) groups is 1. The number of anilines is 1. The molecule has 0 fully saturated rings. The van der Waals surface area contributed by atoms with E-state index < -0.39 is 0 Å². The van der Waals surface area contributed by atoms with Gasteiger partial charge >= 0.3 is 0 Å². The van der Waals surface area contributed by atoms with Crippen LogP contribution in [0.1, 0.15) is 16.4 Å². The summed E-state index contributed by atoms with van der Waals surface area (Å²) in [5, 5.41) is 7.65. The summed E-state index contributed by atoms with van der Waals surface area (Å²) in [6, 6.07) is 23.5. The molecule has 8 nitrogen and oxygen atoms in total. The van der Waals surface area contributed by atoms with Crippen LogP contribution in [0.15, 0.2) is 78.9 Å². The molecule has 0 spiro atoms. The molecule has 1 N–H and O–H groups in total. The van der Waals surface area contributed by atoms with Crippen molar-refractivity contribution in [2.45, 2.75) is 5.25 Å². The number of aromatic nitrogens is 2. The van der Waals surface area contributed by atoms with E-state index in [-0.39, 0.29) is 35.2 Å². The van der Waals surface area contributed by atoms with Crippen LogP contribution >= 0.6 is 11.8 Å². The number of hydrogen-bond donors (Lipinski definition) is 1. The normalized spacial score (nSPS) is 15.0. The zero-order valence-electron chi connectivity index (χ0n) is 23.2. The van der Waals surface area contributed by atoms with Crippen LogP contribution in [0.2, 0.25) is 0 Å². The third kappa shape index (κ3) is 6.28. The molecule has 2 heterocycles. The fourth-order valence-electron chi connectivity index (χ4n) is 4.75. The maximum atomic E-state index is 13.9. The Morgan fingerprint density at radius 3 is 2.44 bits per heavy atom. The van der Waals surface area contributed by atoms with Crippen molar-refractivity contribution in [3.8, 4) is 22.7 Å². The first-order chi connectivity index (χ1) is 19.9. The molecule has 1 unspecified atom stereocenters. The summed E-state index contributed by atoms with van der Waals surface area (Å²) in [6.07, 6.45) is 0. The first-order valence-electron chi connectivity index (χ1n) is 13.3. The molecule has 1 atom stereocenters. The van der Waals surface area contributed by atoms with Crippen LogP contribution in [0.5, 0.6) is 5.75 Å². The van der Waals surface area contributed by atoms with Crippen molar-refractivity contribution in [2.24, 2.45) is 0 Å². The predicted octanol–water partition coefficient (Wildman–Crippen LogP) is 4.53. The average molecular weight is 574 g/mol. The molecule has 4 aromatic rings. The van der Waals surface area contributed by atoms with Crippen molar-refractivity contribution < 1.29 is 18.7 Å². The number of fused-ring (bicyclic) bond motifs is 1. The second-order valence-electron chi connectivity index (χ2n) is 9.94. The van der Waals surface area contributed by atoms with Crippen LogP contribution in [0.25, 0.3) is 16.9 Å². The van der Waals surface area contributed by atoms with Crippen LogP contribution in [0, 0.1) is 5.82 Å². The van der Waals surface area contributed by atoms with Crippen LogP contribution in [0.4, 0.5) is 10.2 Å². The van der Waals surface area contributed by atoms with Crippen molar-refractivity contribution >= 4 is 29.4 Å². The van der Waals surface area contributed by atoms with E-state index in [2.05, 4.69) is 5.32 Å². The molecule has 212 valence electrons. The topological polar surface area (TPSA) is 79.7 Å². The van der Waals surface area contributed by atoms with Crippen molar-refractivity contribution in [3.63, 3.8) is 0 Å². The number of carbonyl (C=O) groups excluding carboxylic acids is 2. The van der Waals surface area contributed by atoms with Gasteiger partial charge in [0.25, 0.3) is 0 Å². The number of carbonyl (C=O) groups is 2. The number of methoxy groups -OCH3 is 1. The Labute approximate surface area is 243 Å². The quantitative estimate of drug-likeness (QED) is 0.317. The molecule has 1 aromatic heterocycles. The summed E-state index contributed by atoms with van der Waals surface area (Å²) in [5.74, 6) is 0.526. The fraction of sp³-hybridized carbons (Fsp3) is 0.258. The summed E-state index contributed by atoms with van der Waals surface area (Å²) in [5.41, 5.74) is 3.89. The Morgan fingerprint density at radius 2 is 1.78 bits per heavy atom. The Bertz CT molecular complexity index is 1510. The average Bonchev–Trinajstić information content (AvgIpc) is 3.30. The molecule has 2 amide bonds. The number of halogens is 1. The maximum Gasteiger partial charge on any atom is 0.240 e. The summed E-state index contributed by atoms with van der Waals surface area (Å²) in [6.45, 7) is 0.974. The second-order valence-corrected chi connectivity index (χ2v) is 11.0. The fourth-order valence-corrected chi connectivity index (χ4v) is 5.95. The van der Waals surface area contributed by atoms with Crippen molar-refractivity contribution in [1.29, 1.82) is 0 Å². The minimum absolute atomic E-state index is 0.137. The predicted molar refractivity (Wildman–Crippen MR) is 160 cm³/mol. The van der Waals surface area contributed by atoms with E-state index in [0.717, 1.165) is 16.7 Å². The minimum Gasteiger partial charge on any atom is -0.497 e. The number of nitrogens with one attached hydrogen (secondary N) is 1. The van der Waals surface area contributed by atoms with Crippen LogP contribution in [-0.4, -0.2) is 73.1 Å². The number of rotatable bonds is 9. The zero-order valence-corrected chi connectivity index (χ0v) is 24.0. The van der Waals surface area contributed by atoms with Gasteiger partial charge in [0.1, 0.15) is 23.9 Å². The Kier molecular flexibility index (Phi) is 8.70. The third-order valence-corrected chi connectivity index (χ3v) is 8.06. The van der Waals surface area contributed by atoms with Crippen molar-refractivity contribution in [3.05, 3.63) is 95.8 Å². The standard InChI is InChI=1S/C31H32FN5O3S/c1-35(2)18-17-33-26(38)19-36-27(39)20-41-30(22-9-11-23(32)12-10-22)28-29(21-7-5-4-6-8-21)34-37(31(28)36)24-13-15-25(40-3)16-14-24/h4-16,30H,17-20H2,1-3H3,(H,33,38). The molecule has 0 saturated heterocycles. The van der Waals surface area contributed by atoms with Gasteiger partial charge in [-0.1, -0.05) is 42.5 Å². The Balaban J connectivity index is 1.71. The lowest BCUT2D eigenvalue weighted by atomic mass is 9.99. The SMILES string of the molecule is COc1ccc(-n2nc(-c3ccccc3)c3c2N(CC(=O)NCCN(C)C)C(=O)CSC3c2ccc(F)cc2)cc1. The summed E-state index contributed by atoms with van der Waals surface area (Å²) in [4.78, 5) is 30.4. The van der Waals surface area contributed by atoms with Gasteiger partial charge in [0.05, 0.1) is 29.5 Å².